The van der Waals surface area contributed by atoms with Gasteiger partial charge in [-0.3, -0.25) is 0 Å². The maximum atomic E-state index is 5.63. The molecule has 4 heteroatoms. The summed E-state index contributed by atoms with van der Waals surface area (Å²) >= 11 is 0. The van der Waals surface area contributed by atoms with E-state index in [-0.39, 0.29) is 12.0 Å². The minimum Gasteiger partial charge on any atom is -0.454 e. The Bertz CT molecular complexity index is 1170. The molecule has 6 rings (SSSR count). The number of aromatic amines is 1. The van der Waals surface area contributed by atoms with Crippen molar-refractivity contribution in [3.8, 4) is 11.5 Å². The van der Waals surface area contributed by atoms with Crippen LogP contribution in [0.3, 0.4) is 0 Å². The molecule has 2 aliphatic rings. The van der Waals surface area contributed by atoms with E-state index in [4.69, 9.17) is 9.47 Å². The molecule has 2 atom stereocenters. The molecule has 2 aliphatic heterocycles. The molecule has 0 radical (unpaired) electrons. The van der Waals surface area contributed by atoms with Gasteiger partial charge in [0.15, 0.2) is 11.5 Å². The second kappa shape index (κ2) is 6.14. The van der Waals surface area contributed by atoms with Crippen LogP contribution in [0.2, 0.25) is 0 Å². The second-order valence-electron chi connectivity index (χ2n) is 7.42. The molecule has 0 bridgehead atoms. The van der Waals surface area contributed by atoms with Crippen molar-refractivity contribution >= 4 is 10.9 Å². The summed E-state index contributed by atoms with van der Waals surface area (Å²) in [5, 5.41) is 5.06. The second-order valence-corrected chi connectivity index (χ2v) is 7.42. The van der Waals surface area contributed by atoms with Crippen LogP contribution in [0.4, 0.5) is 0 Å². The molecule has 2 N–H and O–H groups in total. The van der Waals surface area contributed by atoms with Gasteiger partial charge in [-0.1, -0.05) is 54.6 Å². The van der Waals surface area contributed by atoms with Gasteiger partial charge in [-0.25, -0.2) is 0 Å². The lowest BCUT2D eigenvalue weighted by molar-refractivity contribution is 0.174. The number of aromatic nitrogens is 1. The SMILES string of the molecule is c1ccc(C2NCC(c3ccc4c(c3)OCO4)c3c2[nH]c2ccccc32)cc1. The van der Waals surface area contributed by atoms with E-state index in [2.05, 4.69) is 77.0 Å². The standard InChI is InChI=1S/C24H20N2O2/c1-2-6-15(7-3-1)23-24-22(17-8-4-5-9-19(17)26-24)18(13-25-23)16-10-11-20-21(12-16)28-14-27-20/h1-12,18,23,25-26H,13-14H2. The molecule has 2 unspecified atom stereocenters. The maximum absolute atomic E-state index is 5.63. The Hall–Kier alpha value is -3.24. The summed E-state index contributed by atoms with van der Waals surface area (Å²) in [4.78, 5) is 3.70. The number of H-pyrrole nitrogens is 1. The average molecular weight is 368 g/mol. The number of ether oxygens (including phenoxy) is 2. The zero-order chi connectivity index (χ0) is 18.5. The summed E-state index contributed by atoms with van der Waals surface area (Å²) in [5.41, 5.74) is 6.33. The van der Waals surface area contributed by atoms with Gasteiger partial charge >= 0.3 is 0 Å². The van der Waals surface area contributed by atoms with Crippen molar-refractivity contribution in [3.63, 3.8) is 0 Å². The number of benzene rings is 3. The number of nitrogens with one attached hydrogen (secondary N) is 2. The third-order valence-corrected chi connectivity index (χ3v) is 5.87. The van der Waals surface area contributed by atoms with Crippen LogP contribution in [-0.2, 0) is 0 Å². The highest BCUT2D eigenvalue weighted by Gasteiger charge is 2.33. The van der Waals surface area contributed by atoms with E-state index in [1.807, 2.05) is 6.07 Å². The van der Waals surface area contributed by atoms with E-state index in [0.29, 0.717) is 6.79 Å². The number of fused-ring (bicyclic) bond motifs is 4. The summed E-state index contributed by atoms with van der Waals surface area (Å²) in [6.07, 6.45) is 0. The largest absolute Gasteiger partial charge is 0.454 e. The molecule has 0 saturated heterocycles. The van der Waals surface area contributed by atoms with Crippen LogP contribution in [0.1, 0.15) is 34.3 Å². The summed E-state index contributed by atoms with van der Waals surface area (Å²) < 4.78 is 11.1. The predicted octanol–water partition coefficient (Wildman–Crippen LogP) is 4.72. The average Bonchev–Trinajstić information content (AvgIpc) is 3.38. The quantitative estimate of drug-likeness (QED) is 0.538. The van der Waals surface area contributed by atoms with Gasteiger partial charge in [-0.2, -0.15) is 0 Å². The first kappa shape index (κ1) is 15.8. The molecule has 3 aromatic carbocycles. The fourth-order valence-electron chi connectivity index (χ4n) is 4.57. The van der Waals surface area contributed by atoms with Gasteiger partial charge < -0.3 is 19.8 Å². The molecule has 3 heterocycles. The molecular weight excluding hydrogens is 348 g/mol. The van der Waals surface area contributed by atoms with Gasteiger partial charge in [0.25, 0.3) is 0 Å². The van der Waals surface area contributed by atoms with Gasteiger partial charge in [-0.15, -0.1) is 0 Å². The zero-order valence-electron chi connectivity index (χ0n) is 15.3. The van der Waals surface area contributed by atoms with E-state index in [0.717, 1.165) is 18.0 Å². The first-order valence-corrected chi connectivity index (χ1v) is 9.67. The summed E-state index contributed by atoms with van der Waals surface area (Å²) in [5.74, 6) is 1.92. The van der Waals surface area contributed by atoms with Gasteiger partial charge in [0, 0.05) is 29.1 Å². The Morgan fingerprint density at radius 2 is 1.61 bits per heavy atom. The van der Waals surface area contributed by atoms with Crippen LogP contribution in [0.15, 0.2) is 72.8 Å². The van der Waals surface area contributed by atoms with Crippen LogP contribution in [0.5, 0.6) is 11.5 Å². The Morgan fingerprint density at radius 3 is 2.54 bits per heavy atom. The number of hydrogen-bond donors (Lipinski definition) is 2. The molecule has 0 fully saturated rings. The van der Waals surface area contributed by atoms with Gasteiger partial charge in [0.2, 0.25) is 6.79 Å². The van der Waals surface area contributed by atoms with Crippen molar-refractivity contribution in [2.75, 3.05) is 13.3 Å². The fourth-order valence-corrected chi connectivity index (χ4v) is 4.57. The molecule has 4 aromatic rings. The summed E-state index contributed by atoms with van der Waals surface area (Å²) in [6.45, 7) is 1.17. The van der Waals surface area contributed by atoms with Crippen LogP contribution in [0, 0.1) is 0 Å². The lowest BCUT2D eigenvalue weighted by Gasteiger charge is -2.31. The van der Waals surface area contributed by atoms with Crippen LogP contribution < -0.4 is 14.8 Å². The molecule has 0 amide bonds. The first-order chi connectivity index (χ1) is 13.9. The highest BCUT2D eigenvalue weighted by Crippen LogP contribution is 2.43. The maximum Gasteiger partial charge on any atom is 0.231 e. The molecule has 138 valence electrons. The van der Waals surface area contributed by atoms with Gasteiger partial charge in [-0.05, 0) is 34.9 Å². The first-order valence-electron chi connectivity index (χ1n) is 9.67. The van der Waals surface area contributed by atoms with E-state index in [9.17, 15) is 0 Å². The van der Waals surface area contributed by atoms with Crippen LogP contribution >= 0.6 is 0 Å². The van der Waals surface area contributed by atoms with Crippen molar-refractivity contribution < 1.29 is 9.47 Å². The smallest absolute Gasteiger partial charge is 0.231 e. The van der Waals surface area contributed by atoms with Gasteiger partial charge in [0.05, 0.1) is 6.04 Å². The fraction of sp³-hybridized carbons (Fsp3) is 0.167. The van der Waals surface area contributed by atoms with Crippen molar-refractivity contribution in [2.45, 2.75) is 12.0 Å². The highest BCUT2D eigenvalue weighted by atomic mass is 16.7. The number of para-hydroxylation sites is 1. The molecule has 0 saturated carbocycles. The lowest BCUT2D eigenvalue weighted by atomic mass is 9.83. The zero-order valence-corrected chi connectivity index (χ0v) is 15.3. The molecule has 1 aromatic heterocycles. The highest BCUT2D eigenvalue weighted by molar-refractivity contribution is 5.86. The van der Waals surface area contributed by atoms with Crippen LogP contribution in [-0.4, -0.2) is 18.3 Å². The Morgan fingerprint density at radius 1 is 0.786 bits per heavy atom. The third kappa shape index (κ3) is 2.35. The summed E-state index contributed by atoms with van der Waals surface area (Å²) in [7, 11) is 0. The summed E-state index contributed by atoms with van der Waals surface area (Å²) in [6, 6.07) is 25.7. The molecule has 4 nitrogen and oxygen atoms in total. The Kier molecular flexibility index (Phi) is 3.46. The lowest BCUT2D eigenvalue weighted by Crippen LogP contribution is -2.34. The van der Waals surface area contributed by atoms with Crippen molar-refractivity contribution in [2.24, 2.45) is 0 Å². The minimum atomic E-state index is 0.161. The van der Waals surface area contributed by atoms with E-state index in [1.165, 1.54) is 33.3 Å². The Balaban J connectivity index is 1.53. The third-order valence-electron chi connectivity index (χ3n) is 5.87. The molecule has 28 heavy (non-hydrogen) atoms. The van der Waals surface area contributed by atoms with E-state index >= 15 is 0 Å². The normalized spacial score (nSPS) is 20.3. The Labute approximate surface area is 163 Å². The number of rotatable bonds is 2. The number of hydrogen-bond acceptors (Lipinski definition) is 3. The van der Waals surface area contributed by atoms with Crippen LogP contribution in [0.25, 0.3) is 10.9 Å². The predicted molar refractivity (Wildman–Crippen MR) is 109 cm³/mol. The van der Waals surface area contributed by atoms with Crippen molar-refractivity contribution in [1.82, 2.24) is 10.3 Å². The van der Waals surface area contributed by atoms with Crippen molar-refractivity contribution in [3.05, 3.63) is 95.2 Å². The molecular formula is C24H20N2O2. The van der Waals surface area contributed by atoms with Gasteiger partial charge in [0.1, 0.15) is 0 Å². The van der Waals surface area contributed by atoms with Crippen molar-refractivity contribution in [1.29, 1.82) is 0 Å². The minimum absolute atomic E-state index is 0.161. The molecule has 0 aliphatic carbocycles. The van der Waals surface area contributed by atoms with E-state index in [1.54, 1.807) is 0 Å². The molecule has 0 spiro atoms. The topological polar surface area (TPSA) is 46.3 Å². The van der Waals surface area contributed by atoms with E-state index < -0.39 is 0 Å². The monoisotopic (exact) mass is 368 g/mol.